The smallest absolute Gasteiger partial charge is 0.323 e. The Balaban J connectivity index is 2.35. The second-order valence-electron chi connectivity index (χ2n) is 4.63. The molecule has 19 heavy (non-hydrogen) atoms. The van der Waals surface area contributed by atoms with Crippen molar-refractivity contribution in [1.29, 1.82) is 0 Å². The van der Waals surface area contributed by atoms with Crippen molar-refractivity contribution in [3.05, 3.63) is 30.5 Å². The molecule has 0 bridgehead atoms. The Morgan fingerprint density at radius 1 is 1.42 bits per heavy atom. The molecule has 0 saturated heterocycles. The van der Waals surface area contributed by atoms with Crippen LogP contribution < -0.4 is 4.74 Å². The van der Waals surface area contributed by atoms with Crippen molar-refractivity contribution in [3.8, 4) is 5.75 Å². The molecule has 1 unspecified atom stereocenters. The van der Waals surface area contributed by atoms with Gasteiger partial charge in [-0.05, 0) is 32.0 Å². The minimum atomic E-state index is -1.02. The van der Waals surface area contributed by atoms with Crippen LogP contribution in [0.3, 0.4) is 0 Å². The molecular weight excluding hydrogens is 266 g/mol. The van der Waals surface area contributed by atoms with Crippen LogP contribution in [-0.2, 0) is 11.3 Å². The Morgan fingerprint density at radius 2 is 2.16 bits per heavy atom. The lowest BCUT2D eigenvalue weighted by Gasteiger charge is -2.12. The summed E-state index contributed by atoms with van der Waals surface area (Å²) in [6.07, 6.45) is 1.92. The van der Waals surface area contributed by atoms with E-state index in [1.54, 1.807) is 0 Å². The van der Waals surface area contributed by atoms with Crippen molar-refractivity contribution in [2.75, 3.05) is 0 Å². The highest BCUT2D eigenvalue weighted by atomic mass is 35.5. The second kappa shape index (κ2) is 5.53. The van der Waals surface area contributed by atoms with Crippen LogP contribution in [0.4, 0.5) is 0 Å². The van der Waals surface area contributed by atoms with Gasteiger partial charge in [-0.15, -0.1) is 11.6 Å². The second-order valence-corrected chi connectivity index (χ2v) is 5.16. The first-order chi connectivity index (χ1) is 8.99. The number of nitrogens with zero attached hydrogens (tertiary/aromatic N) is 1. The van der Waals surface area contributed by atoms with Crippen molar-refractivity contribution in [3.63, 3.8) is 0 Å². The quantitative estimate of drug-likeness (QED) is 0.857. The predicted octanol–water partition coefficient (Wildman–Crippen LogP) is 3.12. The molecule has 0 aliphatic carbocycles. The number of alkyl halides is 1. The Hall–Kier alpha value is -1.68. The minimum absolute atomic E-state index is 0.0914. The van der Waals surface area contributed by atoms with E-state index >= 15 is 0 Å². The fourth-order valence-corrected chi connectivity index (χ4v) is 2.11. The van der Waals surface area contributed by atoms with E-state index in [9.17, 15) is 4.79 Å². The lowest BCUT2D eigenvalue weighted by Crippen LogP contribution is -2.19. The van der Waals surface area contributed by atoms with Gasteiger partial charge in [0.05, 0.1) is 11.6 Å². The van der Waals surface area contributed by atoms with Crippen molar-refractivity contribution in [2.45, 2.75) is 31.9 Å². The van der Waals surface area contributed by atoms with Gasteiger partial charge in [0.25, 0.3) is 0 Å². The molecule has 1 atom stereocenters. The summed E-state index contributed by atoms with van der Waals surface area (Å²) in [4.78, 5) is 10.8. The summed E-state index contributed by atoms with van der Waals surface area (Å²) in [5.74, 6) is -0.217. The fraction of sp³-hybridized carbons (Fsp3) is 0.357. The number of aliphatic carboxylic acids is 1. The molecule has 2 aromatic rings. The number of fused-ring (bicyclic) bond motifs is 1. The maximum absolute atomic E-state index is 10.8. The van der Waals surface area contributed by atoms with Gasteiger partial charge < -0.3 is 14.4 Å². The highest BCUT2D eigenvalue weighted by molar-refractivity contribution is 6.29. The van der Waals surface area contributed by atoms with E-state index in [4.69, 9.17) is 21.4 Å². The summed E-state index contributed by atoms with van der Waals surface area (Å²) in [7, 11) is 0. The number of hydrogen-bond acceptors (Lipinski definition) is 2. The summed E-state index contributed by atoms with van der Waals surface area (Å²) >= 11 is 5.78. The Kier molecular flexibility index (Phi) is 4.00. The molecular formula is C14H16ClNO3. The molecule has 0 saturated carbocycles. The first kappa shape index (κ1) is 13.7. The van der Waals surface area contributed by atoms with Crippen molar-refractivity contribution < 1.29 is 14.6 Å². The first-order valence-corrected chi connectivity index (χ1v) is 6.54. The number of ether oxygens (including phenoxy) is 1. The molecule has 5 heteroatoms. The number of aromatic nitrogens is 1. The molecule has 2 rings (SSSR count). The first-order valence-electron chi connectivity index (χ1n) is 6.10. The van der Waals surface area contributed by atoms with Gasteiger partial charge in [0.1, 0.15) is 11.1 Å². The van der Waals surface area contributed by atoms with Crippen LogP contribution >= 0.6 is 11.6 Å². The third-order valence-corrected chi connectivity index (χ3v) is 3.09. The van der Waals surface area contributed by atoms with Gasteiger partial charge in [-0.25, -0.2) is 0 Å². The standard InChI is InChI=1S/C14H16ClNO3/c1-9(2)19-13-5-3-4-12-10(13)6-7-16(12)8-11(15)14(17)18/h3-7,9,11H,8H2,1-2H3,(H,17,18). The van der Waals surface area contributed by atoms with Crippen LogP contribution in [0, 0.1) is 0 Å². The molecule has 0 spiro atoms. The number of rotatable bonds is 5. The molecule has 0 aliphatic rings. The van der Waals surface area contributed by atoms with Gasteiger partial charge in [0.2, 0.25) is 0 Å². The normalized spacial score (nSPS) is 12.8. The maximum Gasteiger partial charge on any atom is 0.323 e. The minimum Gasteiger partial charge on any atom is -0.490 e. The summed E-state index contributed by atoms with van der Waals surface area (Å²) in [5.41, 5.74) is 0.921. The molecule has 1 aromatic carbocycles. The van der Waals surface area contributed by atoms with Gasteiger partial charge in [-0.2, -0.15) is 0 Å². The van der Waals surface area contributed by atoms with E-state index in [-0.39, 0.29) is 12.6 Å². The largest absolute Gasteiger partial charge is 0.490 e. The highest BCUT2D eigenvalue weighted by Gasteiger charge is 2.16. The Bertz CT molecular complexity index is 591. The van der Waals surface area contributed by atoms with Gasteiger partial charge in [0, 0.05) is 18.1 Å². The summed E-state index contributed by atoms with van der Waals surface area (Å²) in [6.45, 7) is 4.16. The maximum atomic E-state index is 10.8. The van der Waals surface area contributed by atoms with Crippen molar-refractivity contribution >= 4 is 28.5 Å². The number of carboxylic acid groups (broad SMARTS) is 1. The summed E-state index contributed by atoms with van der Waals surface area (Å²) < 4.78 is 7.56. The molecule has 0 aliphatic heterocycles. The van der Waals surface area contributed by atoms with E-state index in [1.165, 1.54) is 0 Å². The molecule has 1 heterocycles. The average Bonchev–Trinajstić information content (AvgIpc) is 2.73. The zero-order chi connectivity index (χ0) is 14.0. The average molecular weight is 282 g/mol. The monoisotopic (exact) mass is 281 g/mol. The van der Waals surface area contributed by atoms with Crippen molar-refractivity contribution in [1.82, 2.24) is 4.57 Å². The van der Waals surface area contributed by atoms with E-state index < -0.39 is 11.3 Å². The molecule has 1 N–H and O–H groups in total. The molecule has 4 nitrogen and oxygen atoms in total. The van der Waals surface area contributed by atoms with Crippen molar-refractivity contribution in [2.24, 2.45) is 0 Å². The third kappa shape index (κ3) is 3.01. The van der Waals surface area contributed by atoms with Crippen LogP contribution in [0.15, 0.2) is 30.5 Å². The van der Waals surface area contributed by atoms with Crippen LogP contribution in [0.2, 0.25) is 0 Å². The zero-order valence-corrected chi connectivity index (χ0v) is 11.6. The lowest BCUT2D eigenvalue weighted by molar-refractivity contribution is -0.136. The van der Waals surface area contributed by atoms with E-state index in [0.29, 0.717) is 0 Å². The SMILES string of the molecule is CC(C)Oc1cccc2c1ccn2CC(Cl)C(=O)O. The van der Waals surface area contributed by atoms with Gasteiger partial charge in [-0.1, -0.05) is 6.07 Å². The lowest BCUT2D eigenvalue weighted by atomic mass is 10.2. The predicted molar refractivity (Wildman–Crippen MR) is 75.0 cm³/mol. The van der Waals surface area contributed by atoms with Gasteiger partial charge in [-0.3, -0.25) is 4.79 Å². The van der Waals surface area contributed by atoms with Gasteiger partial charge >= 0.3 is 5.97 Å². The molecule has 1 aromatic heterocycles. The van der Waals surface area contributed by atoms with Crippen LogP contribution in [-0.4, -0.2) is 27.1 Å². The van der Waals surface area contributed by atoms with E-state index in [2.05, 4.69) is 0 Å². The number of benzene rings is 1. The number of halogens is 1. The van der Waals surface area contributed by atoms with Crippen LogP contribution in [0.1, 0.15) is 13.8 Å². The van der Waals surface area contributed by atoms with Crippen LogP contribution in [0.5, 0.6) is 5.75 Å². The summed E-state index contributed by atoms with van der Waals surface area (Å²) in [6, 6.07) is 7.63. The topological polar surface area (TPSA) is 51.5 Å². The number of hydrogen-bond donors (Lipinski definition) is 1. The molecule has 102 valence electrons. The zero-order valence-electron chi connectivity index (χ0n) is 10.8. The third-order valence-electron chi connectivity index (χ3n) is 2.76. The Labute approximate surface area is 116 Å². The number of carboxylic acids is 1. The fourth-order valence-electron chi connectivity index (χ4n) is 1.96. The Morgan fingerprint density at radius 3 is 2.79 bits per heavy atom. The van der Waals surface area contributed by atoms with Gasteiger partial charge in [0.15, 0.2) is 0 Å². The molecule has 0 radical (unpaired) electrons. The van der Waals surface area contributed by atoms with E-state index in [0.717, 1.165) is 16.7 Å². The number of carbonyl (C=O) groups is 1. The molecule has 0 amide bonds. The van der Waals surface area contributed by atoms with Crippen LogP contribution in [0.25, 0.3) is 10.9 Å². The summed E-state index contributed by atoms with van der Waals surface area (Å²) in [5, 5.41) is 8.88. The molecule has 0 fully saturated rings. The van der Waals surface area contributed by atoms with E-state index in [1.807, 2.05) is 48.9 Å². The highest BCUT2D eigenvalue weighted by Crippen LogP contribution is 2.27.